The van der Waals surface area contributed by atoms with Gasteiger partial charge in [0.2, 0.25) is 0 Å². The number of nitrogens with one attached hydrogen (secondary N) is 1. The van der Waals surface area contributed by atoms with E-state index in [0.29, 0.717) is 49.8 Å². The normalized spacial score (nSPS) is 31.2. The van der Waals surface area contributed by atoms with Crippen LogP contribution < -0.4 is 5.32 Å². The number of anilines is 1. The van der Waals surface area contributed by atoms with Crippen molar-refractivity contribution in [3.63, 3.8) is 0 Å². The smallest absolute Gasteiger partial charge is 0.168 e. The fourth-order valence-electron chi connectivity index (χ4n) is 5.37. The first-order valence-electron chi connectivity index (χ1n) is 12.4. The molecule has 3 fully saturated rings. The number of benzene rings is 1. The van der Waals surface area contributed by atoms with Gasteiger partial charge in [-0.2, -0.15) is 0 Å². The summed E-state index contributed by atoms with van der Waals surface area (Å²) in [7, 11) is 1.56. The average Bonchev–Trinajstić information content (AvgIpc) is 3.41. The zero-order chi connectivity index (χ0) is 24.8. The molecular weight excluding hydrogens is 433 g/mol. The summed E-state index contributed by atoms with van der Waals surface area (Å²) >= 11 is 0. The second kappa shape index (κ2) is 9.19. The van der Waals surface area contributed by atoms with Gasteiger partial charge in [0.05, 0.1) is 12.3 Å². The monoisotopic (exact) mass is 464 g/mol. The predicted octanol–water partition coefficient (Wildman–Crippen LogP) is 3.88. The number of halogens is 3. The van der Waals surface area contributed by atoms with E-state index in [1.54, 1.807) is 13.2 Å². The lowest BCUT2D eigenvalue weighted by Gasteiger charge is -2.38. The van der Waals surface area contributed by atoms with Gasteiger partial charge in [-0.1, -0.05) is 0 Å². The summed E-state index contributed by atoms with van der Waals surface area (Å²) in [5.74, 6) is -2.13. The zero-order valence-electron chi connectivity index (χ0n) is 20.5. The highest BCUT2D eigenvalue weighted by Gasteiger charge is 2.44. The average molecular weight is 465 g/mol. The first-order valence-corrected chi connectivity index (χ1v) is 11.4. The quantitative estimate of drug-likeness (QED) is 0.655. The van der Waals surface area contributed by atoms with Crippen LogP contribution in [0.4, 0.5) is 19.0 Å². The fourth-order valence-corrected chi connectivity index (χ4v) is 5.37. The van der Waals surface area contributed by atoms with Crippen LogP contribution in [0.1, 0.15) is 28.4 Å². The molecule has 3 heterocycles. The van der Waals surface area contributed by atoms with Gasteiger partial charge in [-0.3, -0.25) is 4.90 Å². The van der Waals surface area contributed by atoms with Crippen LogP contribution in [0.25, 0.3) is 11.3 Å². The summed E-state index contributed by atoms with van der Waals surface area (Å²) in [6.45, 7) is 0.569. The molecule has 1 saturated carbocycles. The van der Waals surface area contributed by atoms with Crippen LogP contribution in [0.5, 0.6) is 0 Å². The Morgan fingerprint density at radius 1 is 1.21 bits per heavy atom. The van der Waals surface area contributed by atoms with E-state index in [0.717, 1.165) is 25.3 Å². The topological polar surface area (TPSA) is 59.5 Å². The Balaban J connectivity index is 1.21. The fraction of sp³-hybridized carbons (Fsp3) is 0.583. The number of hydrogen-bond donors (Lipinski definition) is 1. The Bertz CT molecular complexity index is 1060. The largest absolute Gasteiger partial charge is 0.378 e. The highest BCUT2D eigenvalue weighted by molar-refractivity contribution is 5.60. The van der Waals surface area contributed by atoms with Crippen LogP contribution >= 0.6 is 0 Å². The Hall–Kier alpha value is -2.23. The molecular formula is C24H29F3N4O2. The summed E-state index contributed by atoms with van der Waals surface area (Å²) in [6.07, 6.45) is 3.13. The lowest BCUT2D eigenvalue weighted by atomic mass is 9.95. The Kier molecular flexibility index (Phi) is 5.62. The molecule has 33 heavy (non-hydrogen) atoms. The van der Waals surface area contributed by atoms with E-state index in [2.05, 4.69) is 15.5 Å². The van der Waals surface area contributed by atoms with Crippen molar-refractivity contribution in [2.24, 2.45) is 11.8 Å². The molecule has 5 rings (SSSR count). The van der Waals surface area contributed by atoms with Gasteiger partial charge in [0.25, 0.3) is 0 Å². The number of methoxy groups -OCH3 is 1. The van der Waals surface area contributed by atoms with E-state index >= 15 is 0 Å². The minimum Gasteiger partial charge on any atom is -0.378 e. The first-order chi connectivity index (χ1) is 16.7. The molecule has 0 radical (unpaired) electrons. The van der Waals surface area contributed by atoms with Crippen LogP contribution in [-0.4, -0.2) is 66.7 Å². The van der Waals surface area contributed by atoms with Crippen molar-refractivity contribution >= 4 is 5.82 Å². The molecule has 0 amide bonds. The third-order valence-electron chi connectivity index (χ3n) is 6.99. The summed E-state index contributed by atoms with van der Waals surface area (Å²) in [4.78, 5) is 1.91. The predicted molar refractivity (Wildman–Crippen MR) is 117 cm³/mol. The summed E-state index contributed by atoms with van der Waals surface area (Å²) in [6, 6.07) is 4.63. The lowest BCUT2D eigenvalue weighted by Crippen LogP contribution is -2.49. The van der Waals surface area contributed by atoms with Crippen molar-refractivity contribution in [2.45, 2.75) is 37.3 Å². The molecule has 6 nitrogen and oxygen atoms in total. The first kappa shape index (κ1) is 20.2. The molecule has 178 valence electrons. The van der Waals surface area contributed by atoms with Gasteiger partial charge < -0.3 is 14.8 Å². The Morgan fingerprint density at radius 3 is 2.64 bits per heavy atom. The van der Waals surface area contributed by atoms with E-state index in [9.17, 15) is 13.2 Å². The van der Waals surface area contributed by atoms with Crippen molar-refractivity contribution in [3.05, 3.63) is 41.7 Å². The summed E-state index contributed by atoms with van der Waals surface area (Å²) < 4.78 is 70.1. The summed E-state index contributed by atoms with van der Waals surface area (Å²) in [5.41, 5.74) is -1.18. The number of nitrogens with zero attached hydrogens (tertiary/aromatic N) is 3. The molecule has 9 heteroatoms. The molecule has 2 aromatic rings. The maximum absolute atomic E-state index is 14.0. The lowest BCUT2D eigenvalue weighted by molar-refractivity contribution is -0.121. The molecule has 4 atom stereocenters. The number of aromatic nitrogens is 2. The number of likely N-dealkylation sites (tertiary alicyclic amines) is 1. The molecule has 1 N–H and O–H groups in total. The Morgan fingerprint density at radius 2 is 2.00 bits per heavy atom. The third-order valence-corrected chi connectivity index (χ3v) is 6.99. The molecule has 1 aromatic heterocycles. The van der Waals surface area contributed by atoms with Gasteiger partial charge in [0, 0.05) is 53.7 Å². The van der Waals surface area contributed by atoms with Crippen molar-refractivity contribution < 1.29 is 25.4 Å². The highest BCUT2D eigenvalue weighted by Crippen LogP contribution is 2.40. The molecule has 2 saturated heterocycles. The number of rotatable bonds is 6. The van der Waals surface area contributed by atoms with Crippen LogP contribution in [-0.2, 0) is 9.47 Å². The standard InChI is InChI=1S/C24H29F3N4O2/c1-32-24(5-2-6-33-14-24)13-31-11-15-7-18(8-16(15)12-31)28-22-4-3-21(29-30-22)19-9-17(25)10-20(26)23(19)27/h3-4,9-10,15-16,18H,2,5-8,11-14H2,1H3,(H,28,30)/t15-,16+,18?,24?/i13D2. The highest BCUT2D eigenvalue weighted by atomic mass is 19.2. The number of ether oxygens (including phenoxy) is 2. The molecule has 1 aromatic carbocycles. The van der Waals surface area contributed by atoms with Crippen molar-refractivity contribution in [1.82, 2.24) is 15.1 Å². The van der Waals surface area contributed by atoms with Gasteiger partial charge in [-0.25, -0.2) is 13.2 Å². The SMILES string of the molecule is [2H]C([2H])(N1C[C@H]2CC(Nc3ccc(-c4cc(F)cc(F)c4F)nn3)C[C@H]2C1)C1(OC)CCCOC1. The van der Waals surface area contributed by atoms with Crippen LogP contribution in [0.2, 0.25) is 0 Å². The van der Waals surface area contributed by atoms with E-state index in [-0.39, 0.29) is 23.9 Å². The van der Waals surface area contributed by atoms with E-state index in [4.69, 9.17) is 12.2 Å². The second-order valence-electron chi connectivity index (χ2n) is 9.26. The molecule has 0 spiro atoms. The maximum Gasteiger partial charge on any atom is 0.168 e. The van der Waals surface area contributed by atoms with Crippen LogP contribution in [0, 0.1) is 29.3 Å². The van der Waals surface area contributed by atoms with Crippen molar-refractivity contribution in [1.29, 1.82) is 0 Å². The molecule has 1 aliphatic carbocycles. The minimum atomic E-state index is -1.62. The molecule has 2 unspecified atom stereocenters. The van der Waals surface area contributed by atoms with Gasteiger partial charge in [-0.05, 0) is 55.7 Å². The maximum atomic E-state index is 14.0. The number of fused-ring (bicyclic) bond motifs is 1. The second-order valence-corrected chi connectivity index (χ2v) is 9.26. The third kappa shape index (κ3) is 4.72. The zero-order valence-corrected chi connectivity index (χ0v) is 18.5. The van der Waals surface area contributed by atoms with Gasteiger partial charge >= 0.3 is 0 Å². The minimum absolute atomic E-state index is 0.0476. The van der Waals surface area contributed by atoms with E-state index in [1.165, 1.54) is 6.07 Å². The van der Waals surface area contributed by atoms with Crippen LogP contribution in [0.3, 0.4) is 0 Å². The number of hydrogen-bond acceptors (Lipinski definition) is 6. The van der Waals surface area contributed by atoms with Crippen molar-refractivity contribution in [2.75, 3.05) is 45.2 Å². The van der Waals surface area contributed by atoms with Crippen molar-refractivity contribution in [3.8, 4) is 11.3 Å². The molecule has 3 aliphatic rings. The molecule has 2 aliphatic heterocycles. The summed E-state index contributed by atoms with van der Waals surface area (Å²) in [5, 5.41) is 11.4. The van der Waals surface area contributed by atoms with E-state index < -0.39 is 29.5 Å². The Labute approximate surface area is 194 Å². The van der Waals surface area contributed by atoms with Crippen LogP contribution in [0.15, 0.2) is 24.3 Å². The van der Waals surface area contributed by atoms with E-state index in [1.807, 2.05) is 4.90 Å². The van der Waals surface area contributed by atoms with Gasteiger partial charge in [0.15, 0.2) is 11.6 Å². The van der Waals surface area contributed by atoms with Gasteiger partial charge in [-0.15, -0.1) is 10.2 Å². The molecule has 0 bridgehead atoms. The van der Waals surface area contributed by atoms with Gasteiger partial charge in [0.1, 0.15) is 17.2 Å².